The Labute approximate surface area is 204 Å². The zero-order valence-electron chi connectivity index (χ0n) is 21.4. The van der Waals surface area contributed by atoms with Crippen LogP contribution in [0.4, 0.5) is 4.39 Å². The highest BCUT2D eigenvalue weighted by molar-refractivity contribution is 5.69. The van der Waals surface area contributed by atoms with Crippen LogP contribution in [0.3, 0.4) is 0 Å². The van der Waals surface area contributed by atoms with Crippen LogP contribution in [0.5, 0.6) is 5.75 Å². The van der Waals surface area contributed by atoms with Crippen LogP contribution >= 0.6 is 0 Å². The summed E-state index contributed by atoms with van der Waals surface area (Å²) in [5.74, 6) is 0.518. The fraction of sp³-hybridized carbons (Fsp3) is 0.367. The highest BCUT2D eigenvalue weighted by atomic mass is 19.1. The molecule has 0 unspecified atom stereocenters. The van der Waals surface area contributed by atoms with Gasteiger partial charge < -0.3 is 4.74 Å². The number of aryl methyl sites for hydroxylation is 1. The third-order valence-electron chi connectivity index (χ3n) is 6.21. The zero-order valence-corrected chi connectivity index (χ0v) is 21.4. The SMILES string of the molecule is C=C(CC)c1cccc(OCc2ccc(-c3cc(C)ncc3F)c(CN(C(C)C)C(C)C)c2)c1. The second-order valence-corrected chi connectivity index (χ2v) is 9.43. The molecule has 4 heteroatoms. The average Bonchev–Trinajstić information content (AvgIpc) is 2.82. The molecular formula is C30H37FN2O. The van der Waals surface area contributed by atoms with E-state index in [0.717, 1.165) is 52.2 Å². The standard InChI is InChI=1S/C30H37FN2O/c1-8-22(6)25-10-9-11-27(16-25)34-19-24-12-13-28(29-14-23(7)32-17-30(29)31)26(15-24)18-33(20(2)3)21(4)5/h9-17,20-21H,6,8,18-19H2,1-5,7H3. The van der Waals surface area contributed by atoms with Crippen LogP contribution in [-0.4, -0.2) is 22.0 Å². The summed E-state index contributed by atoms with van der Waals surface area (Å²) in [5, 5.41) is 0. The smallest absolute Gasteiger partial charge is 0.149 e. The minimum absolute atomic E-state index is 0.301. The van der Waals surface area contributed by atoms with Crippen LogP contribution in [0.2, 0.25) is 0 Å². The lowest BCUT2D eigenvalue weighted by Crippen LogP contribution is -2.36. The van der Waals surface area contributed by atoms with Gasteiger partial charge >= 0.3 is 0 Å². The fourth-order valence-electron chi connectivity index (χ4n) is 4.21. The molecule has 0 atom stereocenters. The van der Waals surface area contributed by atoms with Gasteiger partial charge in [-0.15, -0.1) is 0 Å². The summed E-state index contributed by atoms with van der Waals surface area (Å²) in [5.41, 5.74) is 6.62. The lowest BCUT2D eigenvalue weighted by molar-refractivity contribution is 0.166. The molecule has 2 aromatic carbocycles. The van der Waals surface area contributed by atoms with E-state index in [0.29, 0.717) is 24.3 Å². The number of aromatic nitrogens is 1. The first-order valence-corrected chi connectivity index (χ1v) is 12.1. The van der Waals surface area contributed by atoms with Gasteiger partial charge in [0.05, 0.1) is 6.20 Å². The molecule has 0 bridgehead atoms. The van der Waals surface area contributed by atoms with Gasteiger partial charge in [-0.05, 0) is 87.1 Å². The van der Waals surface area contributed by atoms with Crippen LogP contribution in [-0.2, 0) is 13.2 Å². The van der Waals surface area contributed by atoms with Gasteiger partial charge in [0.1, 0.15) is 18.2 Å². The maximum atomic E-state index is 14.8. The van der Waals surface area contributed by atoms with E-state index in [2.05, 4.69) is 63.2 Å². The van der Waals surface area contributed by atoms with Crippen LogP contribution < -0.4 is 4.74 Å². The number of hydrogen-bond acceptors (Lipinski definition) is 3. The van der Waals surface area contributed by atoms with Crippen molar-refractivity contribution in [3.05, 3.63) is 89.5 Å². The molecule has 0 saturated carbocycles. The third kappa shape index (κ3) is 6.32. The van der Waals surface area contributed by atoms with Gasteiger partial charge in [0.25, 0.3) is 0 Å². The van der Waals surface area contributed by atoms with Crippen LogP contribution in [0.15, 0.2) is 61.3 Å². The summed E-state index contributed by atoms with van der Waals surface area (Å²) in [6.07, 6.45) is 2.22. The summed E-state index contributed by atoms with van der Waals surface area (Å²) in [6.45, 7) is 18.1. The van der Waals surface area contributed by atoms with Gasteiger partial charge in [-0.25, -0.2) is 4.39 Å². The highest BCUT2D eigenvalue weighted by Crippen LogP contribution is 2.30. The molecule has 180 valence electrons. The Morgan fingerprint density at radius 1 is 1.03 bits per heavy atom. The number of allylic oxidation sites excluding steroid dienone is 1. The Balaban J connectivity index is 1.94. The maximum Gasteiger partial charge on any atom is 0.149 e. The topological polar surface area (TPSA) is 25.4 Å². The van der Waals surface area contributed by atoms with Crippen molar-refractivity contribution in [1.82, 2.24) is 9.88 Å². The van der Waals surface area contributed by atoms with Crippen molar-refractivity contribution in [2.24, 2.45) is 0 Å². The highest BCUT2D eigenvalue weighted by Gasteiger charge is 2.18. The predicted molar refractivity (Wildman–Crippen MR) is 140 cm³/mol. The number of pyridine rings is 1. The van der Waals surface area contributed by atoms with Crippen molar-refractivity contribution in [3.63, 3.8) is 0 Å². The summed E-state index contributed by atoms with van der Waals surface area (Å²) >= 11 is 0. The number of hydrogen-bond donors (Lipinski definition) is 0. The average molecular weight is 461 g/mol. The number of halogens is 1. The normalized spacial score (nSPS) is 11.5. The molecule has 0 amide bonds. The fourth-order valence-corrected chi connectivity index (χ4v) is 4.21. The Morgan fingerprint density at radius 3 is 2.44 bits per heavy atom. The van der Waals surface area contributed by atoms with Crippen LogP contribution in [0.25, 0.3) is 16.7 Å². The van der Waals surface area contributed by atoms with Crippen molar-refractivity contribution in [2.75, 3.05) is 0 Å². The maximum absolute atomic E-state index is 14.8. The van der Waals surface area contributed by atoms with Crippen LogP contribution in [0.1, 0.15) is 63.4 Å². The molecule has 1 heterocycles. The molecule has 3 nitrogen and oxygen atoms in total. The van der Waals surface area contributed by atoms with Gasteiger partial charge in [0.2, 0.25) is 0 Å². The molecule has 0 aliphatic heterocycles. The molecule has 0 saturated heterocycles. The minimum atomic E-state index is -0.301. The minimum Gasteiger partial charge on any atom is -0.489 e. The van der Waals surface area contributed by atoms with Gasteiger partial charge in [-0.2, -0.15) is 0 Å². The first-order valence-electron chi connectivity index (χ1n) is 12.1. The molecule has 0 radical (unpaired) electrons. The van der Waals surface area contributed by atoms with Gasteiger partial charge in [0, 0.05) is 29.9 Å². The van der Waals surface area contributed by atoms with E-state index in [4.69, 9.17) is 4.74 Å². The summed E-state index contributed by atoms with van der Waals surface area (Å²) in [7, 11) is 0. The van der Waals surface area contributed by atoms with Crippen molar-refractivity contribution in [2.45, 2.75) is 73.2 Å². The molecule has 0 N–H and O–H groups in total. The Morgan fingerprint density at radius 2 is 1.76 bits per heavy atom. The Bertz CT molecular complexity index is 1130. The Kier molecular flexibility index (Phi) is 8.62. The number of rotatable bonds is 10. The molecule has 1 aromatic heterocycles. The lowest BCUT2D eigenvalue weighted by atomic mass is 9.96. The molecule has 0 aliphatic rings. The number of benzene rings is 2. The summed E-state index contributed by atoms with van der Waals surface area (Å²) in [4.78, 5) is 6.52. The molecule has 0 spiro atoms. The van der Waals surface area contributed by atoms with Crippen molar-refractivity contribution >= 4 is 5.57 Å². The largest absolute Gasteiger partial charge is 0.489 e. The van der Waals surface area contributed by atoms with E-state index in [1.807, 2.05) is 43.3 Å². The number of nitrogens with zero attached hydrogens (tertiary/aromatic N) is 2. The lowest BCUT2D eigenvalue weighted by Gasteiger charge is -2.31. The van der Waals surface area contributed by atoms with Gasteiger partial charge in [0.15, 0.2) is 0 Å². The van der Waals surface area contributed by atoms with Crippen molar-refractivity contribution < 1.29 is 9.13 Å². The summed E-state index contributed by atoms with van der Waals surface area (Å²) < 4.78 is 20.9. The molecule has 0 aliphatic carbocycles. The molecule has 0 fully saturated rings. The van der Waals surface area contributed by atoms with E-state index in [1.165, 1.54) is 6.20 Å². The molecular weight excluding hydrogens is 423 g/mol. The zero-order chi connectivity index (χ0) is 24.8. The second-order valence-electron chi connectivity index (χ2n) is 9.43. The predicted octanol–water partition coefficient (Wildman–Crippen LogP) is 7.82. The van der Waals surface area contributed by atoms with E-state index in [-0.39, 0.29) is 5.82 Å². The molecule has 3 aromatic rings. The third-order valence-corrected chi connectivity index (χ3v) is 6.21. The Hall–Kier alpha value is -2.98. The van der Waals surface area contributed by atoms with Crippen molar-refractivity contribution in [3.8, 4) is 16.9 Å². The summed E-state index contributed by atoms with van der Waals surface area (Å²) in [6, 6.07) is 16.8. The molecule has 3 rings (SSSR count). The van der Waals surface area contributed by atoms with E-state index >= 15 is 0 Å². The van der Waals surface area contributed by atoms with E-state index in [9.17, 15) is 4.39 Å². The van der Waals surface area contributed by atoms with E-state index < -0.39 is 0 Å². The molecule has 34 heavy (non-hydrogen) atoms. The van der Waals surface area contributed by atoms with Crippen LogP contribution in [0, 0.1) is 12.7 Å². The quantitative estimate of drug-likeness (QED) is 0.308. The monoisotopic (exact) mass is 460 g/mol. The van der Waals surface area contributed by atoms with Crippen molar-refractivity contribution in [1.29, 1.82) is 0 Å². The van der Waals surface area contributed by atoms with Gasteiger partial charge in [-0.3, -0.25) is 9.88 Å². The first-order chi connectivity index (χ1) is 16.2. The van der Waals surface area contributed by atoms with E-state index in [1.54, 1.807) is 0 Å². The first kappa shape index (κ1) is 25.6. The second kappa shape index (κ2) is 11.4. The number of ether oxygens (including phenoxy) is 1. The van der Waals surface area contributed by atoms with Gasteiger partial charge in [-0.1, -0.05) is 43.8 Å².